The van der Waals surface area contributed by atoms with Crippen LogP contribution in [-0.2, 0) is 0 Å². The van der Waals surface area contributed by atoms with Crippen molar-refractivity contribution < 1.29 is 14.0 Å². The van der Waals surface area contributed by atoms with Crippen LogP contribution in [0.3, 0.4) is 0 Å². The van der Waals surface area contributed by atoms with Crippen LogP contribution in [0, 0.1) is 12.7 Å². The van der Waals surface area contributed by atoms with Crippen molar-refractivity contribution in [2.45, 2.75) is 6.92 Å². The minimum absolute atomic E-state index is 0.219. The molecular formula is C23H18FN5O2. The topological polar surface area (TPSA) is 88.9 Å². The maximum Gasteiger partial charge on any atom is 0.255 e. The summed E-state index contributed by atoms with van der Waals surface area (Å²) in [4.78, 5) is 28.9. The predicted octanol–water partition coefficient (Wildman–Crippen LogP) is 4.22. The molecule has 0 saturated heterocycles. The van der Waals surface area contributed by atoms with Crippen molar-refractivity contribution in [2.75, 3.05) is 10.6 Å². The summed E-state index contributed by atoms with van der Waals surface area (Å²) in [5.41, 5.74) is 2.69. The van der Waals surface area contributed by atoms with E-state index in [9.17, 15) is 14.0 Å². The number of hydrogen-bond donors (Lipinski definition) is 2. The first-order valence-electron chi connectivity index (χ1n) is 9.44. The van der Waals surface area contributed by atoms with Crippen molar-refractivity contribution in [1.82, 2.24) is 14.8 Å². The Balaban J connectivity index is 1.51. The average Bonchev–Trinajstić information content (AvgIpc) is 3.30. The van der Waals surface area contributed by atoms with Crippen LogP contribution in [-0.4, -0.2) is 26.6 Å². The molecule has 0 aliphatic rings. The summed E-state index contributed by atoms with van der Waals surface area (Å²) in [6.07, 6.45) is 2.69. The van der Waals surface area contributed by atoms with Gasteiger partial charge in [-0.15, -0.1) is 0 Å². The van der Waals surface area contributed by atoms with Gasteiger partial charge < -0.3 is 10.6 Å². The van der Waals surface area contributed by atoms with E-state index < -0.39 is 11.7 Å². The number of halogens is 1. The maximum atomic E-state index is 14.4. The van der Waals surface area contributed by atoms with Crippen LogP contribution >= 0.6 is 0 Å². The van der Waals surface area contributed by atoms with Crippen LogP contribution in [0.1, 0.15) is 26.3 Å². The lowest BCUT2D eigenvalue weighted by molar-refractivity contribution is 0.101. The third kappa shape index (κ3) is 4.48. The molecule has 4 rings (SSSR count). The number of aryl methyl sites for hydroxylation is 1. The number of anilines is 2. The Labute approximate surface area is 177 Å². The SMILES string of the molecule is Cc1ccc(C(=O)Nc2ccc(-n3cncn3)c(F)c2)cc1NC(=O)c1ccccc1. The van der Waals surface area contributed by atoms with Gasteiger partial charge in [-0.2, -0.15) is 5.10 Å². The van der Waals surface area contributed by atoms with Crippen LogP contribution in [0.4, 0.5) is 15.8 Å². The summed E-state index contributed by atoms with van der Waals surface area (Å²) in [5.74, 6) is -1.25. The quantitative estimate of drug-likeness (QED) is 0.511. The van der Waals surface area contributed by atoms with E-state index in [1.165, 1.54) is 29.5 Å². The molecule has 0 aliphatic heterocycles. The van der Waals surface area contributed by atoms with Gasteiger partial charge in [0.2, 0.25) is 0 Å². The lowest BCUT2D eigenvalue weighted by atomic mass is 10.1. The molecule has 0 aliphatic carbocycles. The molecule has 0 atom stereocenters. The molecule has 1 aromatic heterocycles. The van der Waals surface area contributed by atoms with Gasteiger partial charge in [-0.1, -0.05) is 24.3 Å². The van der Waals surface area contributed by atoms with Gasteiger partial charge in [0.25, 0.3) is 11.8 Å². The molecular weight excluding hydrogens is 397 g/mol. The second-order valence-corrected chi connectivity index (χ2v) is 6.81. The highest BCUT2D eigenvalue weighted by molar-refractivity contribution is 6.07. The Bertz CT molecular complexity index is 1240. The van der Waals surface area contributed by atoms with Crippen molar-refractivity contribution >= 4 is 23.2 Å². The minimum Gasteiger partial charge on any atom is -0.322 e. The number of nitrogens with zero attached hydrogens (tertiary/aromatic N) is 3. The standard InChI is InChI=1S/C23H18FN5O2/c1-15-7-8-17(11-20(15)28-22(30)16-5-3-2-4-6-16)23(31)27-18-9-10-21(19(24)12-18)29-14-25-13-26-29/h2-14H,1H3,(H,27,31)(H,28,30). The Morgan fingerprint density at radius 1 is 0.903 bits per heavy atom. The summed E-state index contributed by atoms with van der Waals surface area (Å²) in [7, 11) is 0. The first-order chi connectivity index (χ1) is 15.0. The molecule has 8 heteroatoms. The van der Waals surface area contributed by atoms with Gasteiger partial charge in [0.05, 0.1) is 0 Å². The summed E-state index contributed by atoms with van der Waals surface area (Å²) >= 11 is 0. The van der Waals surface area contributed by atoms with E-state index in [0.29, 0.717) is 22.5 Å². The minimum atomic E-state index is -0.553. The van der Waals surface area contributed by atoms with Gasteiger partial charge in [-0.05, 0) is 55.0 Å². The number of carbonyl (C=O) groups excluding carboxylic acids is 2. The number of nitrogens with one attached hydrogen (secondary N) is 2. The molecule has 1 heterocycles. The molecule has 0 spiro atoms. The van der Waals surface area contributed by atoms with Crippen LogP contribution in [0.15, 0.2) is 79.4 Å². The molecule has 0 radical (unpaired) electrons. The van der Waals surface area contributed by atoms with E-state index in [4.69, 9.17) is 0 Å². The zero-order valence-corrected chi connectivity index (χ0v) is 16.5. The lowest BCUT2D eigenvalue weighted by Gasteiger charge is -2.12. The summed E-state index contributed by atoms with van der Waals surface area (Å²) in [6, 6.07) is 18.0. The molecule has 0 bridgehead atoms. The molecule has 2 N–H and O–H groups in total. The van der Waals surface area contributed by atoms with Crippen LogP contribution in [0.25, 0.3) is 5.69 Å². The zero-order chi connectivity index (χ0) is 21.8. The van der Waals surface area contributed by atoms with E-state index >= 15 is 0 Å². The molecule has 3 aromatic carbocycles. The fourth-order valence-corrected chi connectivity index (χ4v) is 2.99. The summed E-state index contributed by atoms with van der Waals surface area (Å²) < 4.78 is 15.7. The number of benzene rings is 3. The number of carbonyl (C=O) groups is 2. The second kappa shape index (κ2) is 8.58. The van der Waals surface area contributed by atoms with Gasteiger partial charge in [-0.3, -0.25) is 9.59 Å². The first kappa shape index (κ1) is 20.0. The van der Waals surface area contributed by atoms with Crippen LogP contribution < -0.4 is 10.6 Å². The number of hydrogen-bond acceptors (Lipinski definition) is 4. The molecule has 7 nitrogen and oxygen atoms in total. The zero-order valence-electron chi connectivity index (χ0n) is 16.5. The van der Waals surface area contributed by atoms with Crippen LogP contribution in [0.5, 0.6) is 0 Å². The Hall–Kier alpha value is -4.33. The smallest absolute Gasteiger partial charge is 0.255 e. The second-order valence-electron chi connectivity index (χ2n) is 6.81. The van der Waals surface area contributed by atoms with Gasteiger partial charge in [0.15, 0.2) is 5.82 Å². The van der Waals surface area contributed by atoms with E-state index in [-0.39, 0.29) is 11.6 Å². The maximum absolute atomic E-state index is 14.4. The summed E-state index contributed by atoms with van der Waals surface area (Å²) in [6.45, 7) is 1.83. The largest absolute Gasteiger partial charge is 0.322 e. The lowest BCUT2D eigenvalue weighted by Crippen LogP contribution is -2.15. The van der Waals surface area contributed by atoms with E-state index in [0.717, 1.165) is 5.56 Å². The first-order valence-corrected chi connectivity index (χ1v) is 9.44. The predicted molar refractivity (Wildman–Crippen MR) is 115 cm³/mol. The van der Waals surface area contributed by atoms with Gasteiger partial charge in [0.1, 0.15) is 18.3 Å². The van der Waals surface area contributed by atoms with E-state index in [1.807, 2.05) is 13.0 Å². The van der Waals surface area contributed by atoms with E-state index in [1.54, 1.807) is 48.5 Å². The highest BCUT2D eigenvalue weighted by atomic mass is 19.1. The van der Waals surface area contributed by atoms with Crippen molar-refractivity contribution in [3.05, 3.63) is 102 Å². The van der Waals surface area contributed by atoms with Crippen molar-refractivity contribution in [2.24, 2.45) is 0 Å². The van der Waals surface area contributed by atoms with Crippen molar-refractivity contribution in [3.63, 3.8) is 0 Å². The molecule has 4 aromatic rings. The molecule has 0 unspecified atom stereocenters. The highest BCUT2D eigenvalue weighted by Gasteiger charge is 2.13. The summed E-state index contributed by atoms with van der Waals surface area (Å²) in [5, 5.41) is 9.38. The Morgan fingerprint density at radius 3 is 2.39 bits per heavy atom. The number of aromatic nitrogens is 3. The molecule has 2 amide bonds. The van der Waals surface area contributed by atoms with Crippen LogP contribution in [0.2, 0.25) is 0 Å². The Morgan fingerprint density at radius 2 is 1.68 bits per heavy atom. The molecule has 31 heavy (non-hydrogen) atoms. The van der Waals surface area contributed by atoms with Gasteiger partial charge in [-0.25, -0.2) is 14.1 Å². The monoisotopic (exact) mass is 415 g/mol. The van der Waals surface area contributed by atoms with Gasteiger partial charge >= 0.3 is 0 Å². The van der Waals surface area contributed by atoms with E-state index in [2.05, 4.69) is 20.7 Å². The number of rotatable bonds is 5. The number of amides is 2. The van der Waals surface area contributed by atoms with Crippen molar-refractivity contribution in [3.8, 4) is 5.69 Å². The van der Waals surface area contributed by atoms with Gasteiger partial charge in [0, 0.05) is 22.5 Å². The third-order valence-corrected chi connectivity index (χ3v) is 4.66. The normalized spacial score (nSPS) is 10.5. The third-order valence-electron chi connectivity index (χ3n) is 4.66. The fourth-order valence-electron chi connectivity index (χ4n) is 2.99. The molecule has 0 fully saturated rings. The Kier molecular flexibility index (Phi) is 5.53. The highest BCUT2D eigenvalue weighted by Crippen LogP contribution is 2.21. The molecule has 154 valence electrons. The average molecular weight is 415 g/mol. The fraction of sp³-hybridized carbons (Fsp3) is 0.0435. The molecule has 0 saturated carbocycles. The van der Waals surface area contributed by atoms with Crippen molar-refractivity contribution in [1.29, 1.82) is 0 Å².